The number of allylic oxidation sites excluding steroid dienone is 1. The molecule has 2 aliphatic heterocycles. The van der Waals surface area contributed by atoms with Crippen molar-refractivity contribution in [3.63, 3.8) is 0 Å². The quantitative estimate of drug-likeness (QED) is 0.195. The third-order valence-corrected chi connectivity index (χ3v) is 14.2. The zero-order valence-electron chi connectivity index (χ0n) is 33.2. The highest BCUT2D eigenvalue weighted by molar-refractivity contribution is 7.91. The van der Waals surface area contributed by atoms with Crippen LogP contribution in [-0.4, -0.2) is 102 Å². The molecule has 0 spiro atoms. The molecule has 21 heteroatoms. The van der Waals surface area contributed by atoms with Gasteiger partial charge >= 0.3 is 12.3 Å². The minimum Gasteiger partial charge on any atom is -0.472 e. The number of fused-ring (bicyclic) bond motifs is 3. The molecule has 4 aliphatic rings. The molecule has 1 aromatic carbocycles. The van der Waals surface area contributed by atoms with Crippen molar-refractivity contribution in [1.29, 1.82) is 0 Å². The maximum Gasteiger partial charge on any atom is 0.425 e. The second kappa shape index (κ2) is 17.1. The fourth-order valence-corrected chi connectivity index (χ4v) is 9.18. The van der Waals surface area contributed by atoms with E-state index in [0.29, 0.717) is 49.8 Å². The summed E-state index contributed by atoms with van der Waals surface area (Å²) in [6, 6.07) is 3.08. The van der Waals surface area contributed by atoms with E-state index in [9.17, 15) is 49.5 Å². The van der Waals surface area contributed by atoms with Crippen molar-refractivity contribution in [2.24, 2.45) is 17.8 Å². The predicted octanol–water partition coefficient (Wildman–Crippen LogP) is 5.81. The maximum atomic E-state index is 14.7. The first-order valence-electron chi connectivity index (χ1n) is 19.6. The molecular weight excluding hydrogens is 845 g/mol. The molecule has 4 amide bonds. The normalized spacial score (nSPS) is 29.2. The summed E-state index contributed by atoms with van der Waals surface area (Å²) >= 11 is 6.43. The molecule has 0 radical (unpaired) electrons. The molecular formula is C39H47ClF5N5O9S. The highest BCUT2D eigenvalue weighted by Gasteiger charge is 2.63. The number of aromatic nitrogens is 1. The van der Waals surface area contributed by atoms with Gasteiger partial charge in [-0.2, -0.15) is 18.2 Å². The van der Waals surface area contributed by atoms with Crippen molar-refractivity contribution in [3.8, 4) is 11.8 Å². The Hall–Kier alpha value is -4.46. The number of carbonyl (C=O) groups is 4. The number of ether oxygens (including phenoxy) is 3. The summed E-state index contributed by atoms with van der Waals surface area (Å²) in [6.07, 6.45) is -7.51. The number of nitrogens with zero attached hydrogens (tertiary/aromatic N) is 2. The Morgan fingerprint density at radius 1 is 1.13 bits per heavy atom. The molecule has 1 saturated heterocycles. The third kappa shape index (κ3) is 9.84. The van der Waals surface area contributed by atoms with Crippen molar-refractivity contribution < 1.29 is 63.8 Å². The second-order valence-corrected chi connectivity index (χ2v) is 19.1. The molecule has 1 aromatic heterocycles. The van der Waals surface area contributed by atoms with E-state index >= 15 is 0 Å². The van der Waals surface area contributed by atoms with Crippen LogP contribution in [0, 0.1) is 17.8 Å². The summed E-state index contributed by atoms with van der Waals surface area (Å²) in [7, 11) is -4.13. The minimum atomic E-state index is -4.90. The lowest BCUT2D eigenvalue weighted by Gasteiger charge is -2.33. The van der Waals surface area contributed by atoms with Crippen LogP contribution in [0.2, 0.25) is 5.02 Å². The van der Waals surface area contributed by atoms with Gasteiger partial charge in [-0.1, -0.05) is 43.7 Å². The fourth-order valence-electron chi connectivity index (χ4n) is 7.64. The summed E-state index contributed by atoms with van der Waals surface area (Å²) in [5, 5.41) is 5.87. The molecule has 330 valence electrons. The standard InChI is InChI=1S/C39H47ClF5N5O9S/c1-20-8-5-6-9-23-17-38(23,35(53)49-60(55,56)37(4)12-13-37)48-32(51)28-15-24(59-33-25-10-7-11-27(40)26(25)16-30(46-33)57-19-29(41)42)18-50(28)34(52)31(21(2)14-20)47-36(54)58-22(3)39(43,44)45/h6-7,9-11,16,20-24,28-29,31H,5,8,12-15,17-19H2,1-4H3,(H,47,54)(H,48,51)(H,49,53)/b9-6-/t20-,21+,22+,23?,24+,28-,31-,38+/m0/s1. The lowest BCUT2D eigenvalue weighted by atomic mass is 9.88. The second-order valence-electron chi connectivity index (χ2n) is 16.5. The van der Waals surface area contributed by atoms with E-state index in [1.54, 1.807) is 25.1 Å². The zero-order chi connectivity index (χ0) is 43.9. The number of benzene rings is 1. The van der Waals surface area contributed by atoms with Gasteiger partial charge in [0.1, 0.15) is 23.7 Å². The number of alkyl halides is 5. The molecule has 0 bridgehead atoms. The van der Waals surface area contributed by atoms with E-state index in [4.69, 9.17) is 21.1 Å². The van der Waals surface area contributed by atoms with Gasteiger partial charge in [0.15, 0.2) is 12.7 Å². The molecule has 1 unspecified atom stereocenters. The average molecular weight is 892 g/mol. The van der Waals surface area contributed by atoms with Crippen molar-refractivity contribution in [2.45, 2.75) is 120 Å². The molecule has 6 rings (SSSR count). The molecule has 8 atom stereocenters. The number of carbonyl (C=O) groups excluding carboxylic acids is 4. The Morgan fingerprint density at radius 3 is 2.52 bits per heavy atom. The predicted molar refractivity (Wildman–Crippen MR) is 207 cm³/mol. The molecule has 14 nitrogen and oxygen atoms in total. The number of halogens is 6. The number of hydrogen-bond donors (Lipinski definition) is 3. The molecule has 2 aliphatic carbocycles. The summed E-state index contributed by atoms with van der Waals surface area (Å²) in [6.45, 7) is 4.28. The Labute approximate surface area is 348 Å². The van der Waals surface area contributed by atoms with Gasteiger partial charge in [-0.15, -0.1) is 0 Å². The Balaban J connectivity index is 1.37. The van der Waals surface area contributed by atoms with Gasteiger partial charge < -0.3 is 29.7 Å². The Morgan fingerprint density at radius 2 is 1.85 bits per heavy atom. The smallest absolute Gasteiger partial charge is 0.425 e. The van der Waals surface area contributed by atoms with Crippen LogP contribution in [0.4, 0.5) is 26.7 Å². The number of hydrogen-bond acceptors (Lipinski definition) is 10. The number of amides is 4. The van der Waals surface area contributed by atoms with Crippen LogP contribution in [0.25, 0.3) is 10.8 Å². The SMILES string of the molecule is C[C@H]1CC/C=C\C2C[C@@]2(C(=O)NS(=O)(=O)C2(C)CC2)NC(=O)[C@@H]2C[C@@H](Oc3nc(OCC(F)F)cc4c(Cl)cccc34)CN2C(=O)[C@@H](NC(=O)O[C@H](C)C(F)(F)F)[C@H](C)C1. The van der Waals surface area contributed by atoms with E-state index in [1.165, 1.54) is 19.1 Å². The maximum absolute atomic E-state index is 14.7. The monoisotopic (exact) mass is 891 g/mol. The molecule has 2 saturated carbocycles. The first-order valence-corrected chi connectivity index (χ1v) is 21.5. The van der Waals surface area contributed by atoms with E-state index in [1.807, 2.05) is 13.0 Å². The van der Waals surface area contributed by atoms with Crippen LogP contribution in [0.1, 0.15) is 72.6 Å². The summed E-state index contributed by atoms with van der Waals surface area (Å²) in [4.78, 5) is 61.4. The van der Waals surface area contributed by atoms with Crippen LogP contribution in [-0.2, 0) is 29.1 Å². The van der Waals surface area contributed by atoms with Crippen molar-refractivity contribution in [3.05, 3.63) is 41.4 Å². The molecule has 60 heavy (non-hydrogen) atoms. The lowest BCUT2D eigenvalue weighted by molar-refractivity contribution is -0.197. The highest BCUT2D eigenvalue weighted by Crippen LogP contribution is 2.48. The molecule has 2 aromatic rings. The topological polar surface area (TPSA) is 182 Å². The number of pyridine rings is 1. The van der Waals surface area contributed by atoms with Crippen molar-refractivity contribution >= 4 is 56.2 Å². The van der Waals surface area contributed by atoms with E-state index in [-0.39, 0.29) is 42.1 Å². The van der Waals surface area contributed by atoms with Crippen LogP contribution in [0.15, 0.2) is 36.4 Å². The first-order chi connectivity index (χ1) is 28.0. The number of nitrogens with one attached hydrogen (secondary N) is 3. The van der Waals surface area contributed by atoms with Gasteiger partial charge in [0.25, 0.3) is 12.3 Å². The number of sulfonamides is 1. The fraction of sp³-hybridized carbons (Fsp3) is 0.615. The highest BCUT2D eigenvalue weighted by atomic mass is 35.5. The van der Waals surface area contributed by atoms with Gasteiger partial charge in [0.05, 0.1) is 11.3 Å². The average Bonchev–Trinajstić information content (AvgIpc) is 4.04. The number of rotatable bonds is 10. The van der Waals surface area contributed by atoms with Gasteiger partial charge in [0.2, 0.25) is 33.6 Å². The minimum absolute atomic E-state index is 0.0377. The third-order valence-electron chi connectivity index (χ3n) is 11.7. The summed E-state index contributed by atoms with van der Waals surface area (Å²) in [5.41, 5.74) is -1.72. The molecule has 3 N–H and O–H groups in total. The van der Waals surface area contributed by atoms with Gasteiger partial charge in [-0.3, -0.25) is 19.1 Å². The molecule has 3 heterocycles. The van der Waals surface area contributed by atoms with E-state index in [2.05, 4.69) is 25.1 Å². The van der Waals surface area contributed by atoms with Crippen LogP contribution < -0.4 is 24.8 Å². The molecule has 3 fully saturated rings. The first kappa shape index (κ1) is 45.1. The summed E-state index contributed by atoms with van der Waals surface area (Å²) in [5.74, 6) is -4.55. The lowest BCUT2D eigenvalue weighted by Crippen LogP contribution is -2.59. The Bertz CT molecular complexity index is 2140. The zero-order valence-corrected chi connectivity index (χ0v) is 34.8. The van der Waals surface area contributed by atoms with Crippen LogP contribution >= 0.6 is 11.6 Å². The van der Waals surface area contributed by atoms with Gasteiger partial charge in [-0.05, 0) is 76.3 Å². The van der Waals surface area contributed by atoms with E-state index in [0.717, 1.165) is 4.90 Å². The number of alkyl carbamates (subject to hydrolysis) is 1. The van der Waals surface area contributed by atoms with Crippen LogP contribution in [0.5, 0.6) is 11.8 Å². The van der Waals surface area contributed by atoms with Crippen molar-refractivity contribution in [1.82, 2.24) is 25.2 Å². The van der Waals surface area contributed by atoms with Gasteiger partial charge in [-0.25, -0.2) is 22.0 Å². The van der Waals surface area contributed by atoms with E-state index < -0.39 is 99.5 Å². The largest absolute Gasteiger partial charge is 0.472 e. The van der Waals surface area contributed by atoms with Crippen molar-refractivity contribution in [2.75, 3.05) is 13.2 Å². The Kier molecular flexibility index (Phi) is 12.9. The summed E-state index contributed by atoms with van der Waals surface area (Å²) < 4.78 is 110. The van der Waals surface area contributed by atoms with Gasteiger partial charge in [0, 0.05) is 34.2 Å². The van der Waals surface area contributed by atoms with Crippen LogP contribution in [0.3, 0.4) is 0 Å².